The van der Waals surface area contributed by atoms with Gasteiger partial charge in [0.15, 0.2) is 11.3 Å². The Morgan fingerprint density at radius 2 is 2.11 bits per heavy atom. The summed E-state index contributed by atoms with van der Waals surface area (Å²) in [6.07, 6.45) is 5.01. The zero-order valence-corrected chi connectivity index (χ0v) is 20.6. The summed E-state index contributed by atoms with van der Waals surface area (Å²) in [4.78, 5) is 24.0. The molecule has 7 nitrogen and oxygen atoms in total. The molecule has 182 valence electrons. The number of aromatic nitrogens is 4. The van der Waals surface area contributed by atoms with Crippen molar-refractivity contribution in [2.75, 3.05) is 18.0 Å². The molecule has 0 aliphatic carbocycles. The molecule has 6 rings (SSSR count). The Morgan fingerprint density at radius 3 is 3.00 bits per heavy atom. The maximum atomic E-state index is 14.1. The van der Waals surface area contributed by atoms with Gasteiger partial charge in [-0.15, -0.1) is 11.3 Å². The molecule has 1 amide bonds. The van der Waals surface area contributed by atoms with Crippen molar-refractivity contribution in [2.45, 2.75) is 26.3 Å². The number of carbonyl (C=O) groups is 1. The smallest absolute Gasteiger partial charge is 0.225 e. The fraction of sp³-hybridized carbons (Fsp3) is 0.259. The molecule has 36 heavy (non-hydrogen) atoms. The number of amides is 1. The molecule has 1 saturated heterocycles. The molecular weight excluding hydrogens is 475 g/mol. The molecule has 1 aliphatic rings. The summed E-state index contributed by atoms with van der Waals surface area (Å²) in [5.41, 5.74) is 3.62. The third-order valence-electron chi connectivity index (χ3n) is 6.78. The number of thiophene rings is 1. The Balaban J connectivity index is 1.19. The van der Waals surface area contributed by atoms with Crippen LogP contribution in [-0.4, -0.2) is 38.7 Å². The second-order valence-corrected chi connectivity index (χ2v) is 10.2. The summed E-state index contributed by atoms with van der Waals surface area (Å²) < 4.78 is 17.0. The van der Waals surface area contributed by atoms with Crippen molar-refractivity contribution in [1.29, 1.82) is 0 Å². The molecule has 4 heterocycles. The van der Waals surface area contributed by atoms with Crippen LogP contribution >= 0.6 is 11.3 Å². The van der Waals surface area contributed by atoms with E-state index in [0.29, 0.717) is 41.2 Å². The quantitative estimate of drug-likeness (QED) is 0.367. The van der Waals surface area contributed by atoms with Gasteiger partial charge in [0.1, 0.15) is 17.7 Å². The highest BCUT2D eigenvalue weighted by Crippen LogP contribution is 2.28. The first-order valence-electron chi connectivity index (χ1n) is 12.0. The van der Waals surface area contributed by atoms with Gasteiger partial charge < -0.3 is 10.2 Å². The second-order valence-electron chi connectivity index (χ2n) is 9.23. The van der Waals surface area contributed by atoms with E-state index in [4.69, 9.17) is 0 Å². The minimum atomic E-state index is -0.279. The largest absolute Gasteiger partial charge is 0.354 e. The minimum Gasteiger partial charge on any atom is -0.354 e. The van der Waals surface area contributed by atoms with Crippen molar-refractivity contribution >= 4 is 44.2 Å². The Morgan fingerprint density at radius 1 is 1.19 bits per heavy atom. The number of fused-ring (bicyclic) bond motifs is 2. The monoisotopic (exact) mass is 500 g/mol. The Kier molecular flexibility index (Phi) is 5.85. The lowest BCUT2D eigenvalue weighted by atomic mass is 9.97. The summed E-state index contributed by atoms with van der Waals surface area (Å²) in [5, 5.41) is 11.1. The molecule has 1 N–H and O–H groups in total. The molecule has 2 aromatic carbocycles. The van der Waals surface area contributed by atoms with Crippen LogP contribution in [0.4, 0.5) is 10.2 Å². The highest BCUT2D eigenvalue weighted by Gasteiger charge is 2.28. The lowest BCUT2D eigenvalue weighted by molar-refractivity contribution is -0.125. The average Bonchev–Trinajstić information content (AvgIpc) is 3.55. The van der Waals surface area contributed by atoms with Gasteiger partial charge in [-0.3, -0.25) is 4.79 Å². The third kappa shape index (κ3) is 4.30. The lowest BCUT2D eigenvalue weighted by Crippen LogP contribution is -2.43. The standard InChI is InChI=1S/C27H25FN6OS/c1-17-4-6-21(12-22(17)28)34-15-23-25(32-34)26(31-16-30-23)33-9-2-3-20(14-33)27(35)29-13-18-5-7-24-19(11-18)8-10-36-24/h4-8,10-12,15-16,20H,2-3,9,13-14H2,1H3,(H,29,35)/t20-/m0/s1. The summed E-state index contributed by atoms with van der Waals surface area (Å²) in [6, 6.07) is 13.4. The second kappa shape index (κ2) is 9.31. The minimum absolute atomic E-state index is 0.0519. The van der Waals surface area contributed by atoms with Gasteiger partial charge in [0, 0.05) is 24.3 Å². The van der Waals surface area contributed by atoms with Crippen LogP contribution in [0.15, 0.2) is 60.4 Å². The molecule has 1 atom stereocenters. The molecule has 0 unspecified atom stereocenters. The van der Waals surface area contributed by atoms with Crippen LogP contribution in [0.3, 0.4) is 0 Å². The van der Waals surface area contributed by atoms with E-state index in [-0.39, 0.29) is 17.6 Å². The number of nitrogens with zero attached hydrogens (tertiary/aromatic N) is 5. The van der Waals surface area contributed by atoms with E-state index < -0.39 is 0 Å². The predicted octanol–water partition coefficient (Wildman–Crippen LogP) is 5.01. The number of carbonyl (C=O) groups excluding carboxylic acids is 1. The fourth-order valence-corrected chi connectivity index (χ4v) is 5.53. The normalized spacial score (nSPS) is 16.1. The average molecular weight is 501 g/mol. The maximum Gasteiger partial charge on any atom is 0.225 e. The van der Waals surface area contributed by atoms with Gasteiger partial charge in [-0.25, -0.2) is 19.0 Å². The Labute approximate surface area is 211 Å². The van der Waals surface area contributed by atoms with Gasteiger partial charge in [0.2, 0.25) is 5.91 Å². The number of anilines is 1. The molecule has 0 spiro atoms. The van der Waals surface area contributed by atoms with E-state index >= 15 is 0 Å². The van der Waals surface area contributed by atoms with Crippen LogP contribution < -0.4 is 10.2 Å². The molecule has 3 aromatic heterocycles. The number of rotatable bonds is 5. The number of hydrogen-bond donors (Lipinski definition) is 1. The first-order valence-corrected chi connectivity index (χ1v) is 12.9. The number of aryl methyl sites for hydroxylation is 1. The number of hydrogen-bond acceptors (Lipinski definition) is 6. The summed E-state index contributed by atoms with van der Waals surface area (Å²) >= 11 is 1.72. The first-order chi connectivity index (χ1) is 17.5. The summed E-state index contributed by atoms with van der Waals surface area (Å²) in [6.45, 7) is 3.59. The molecule has 9 heteroatoms. The number of nitrogens with one attached hydrogen (secondary N) is 1. The van der Waals surface area contributed by atoms with Crippen molar-refractivity contribution in [3.05, 3.63) is 77.3 Å². The van der Waals surface area contributed by atoms with Crippen molar-refractivity contribution in [3.8, 4) is 5.69 Å². The number of piperidine rings is 1. The Hall–Kier alpha value is -3.85. The molecule has 1 fully saturated rings. The van der Waals surface area contributed by atoms with Crippen LogP contribution in [0.5, 0.6) is 0 Å². The van der Waals surface area contributed by atoms with Crippen LogP contribution in [0.25, 0.3) is 26.8 Å². The molecule has 0 radical (unpaired) electrons. The number of benzene rings is 2. The van der Waals surface area contributed by atoms with Crippen LogP contribution in [0.2, 0.25) is 0 Å². The summed E-state index contributed by atoms with van der Waals surface area (Å²) in [5.74, 6) is 0.336. The van der Waals surface area contributed by atoms with E-state index in [9.17, 15) is 9.18 Å². The van der Waals surface area contributed by atoms with E-state index in [2.05, 4.69) is 54.9 Å². The first kappa shape index (κ1) is 22.6. The van der Waals surface area contributed by atoms with Gasteiger partial charge in [-0.05, 0) is 72.0 Å². The lowest BCUT2D eigenvalue weighted by Gasteiger charge is -2.32. The van der Waals surface area contributed by atoms with Gasteiger partial charge in [-0.2, -0.15) is 5.10 Å². The Bertz CT molecular complexity index is 1580. The van der Waals surface area contributed by atoms with E-state index in [1.165, 1.54) is 22.5 Å². The molecule has 1 aliphatic heterocycles. The fourth-order valence-electron chi connectivity index (χ4n) is 4.76. The van der Waals surface area contributed by atoms with Crippen LogP contribution in [0, 0.1) is 18.7 Å². The topological polar surface area (TPSA) is 75.9 Å². The van der Waals surface area contributed by atoms with Crippen molar-refractivity contribution in [3.63, 3.8) is 0 Å². The highest BCUT2D eigenvalue weighted by molar-refractivity contribution is 7.17. The van der Waals surface area contributed by atoms with E-state index in [1.54, 1.807) is 35.2 Å². The van der Waals surface area contributed by atoms with Gasteiger partial charge in [-0.1, -0.05) is 12.1 Å². The zero-order chi connectivity index (χ0) is 24.6. The van der Waals surface area contributed by atoms with E-state index in [0.717, 1.165) is 24.9 Å². The van der Waals surface area contributed by atoms with Gasteiger partial charge in [0.25, 0.3) is 0 Å². The molecular formula is C27H25FN6OS. The maximum absolute atomic E-state index is 14.1. The molecule has 0 saturated carbocycles. The predicted molar refractivity (Wildman–Crippen MR) is 140 cm³/mol. The van der Waals surface area contributed by atoms with Gasteiger partial charge >= 0.3 is 0 Å². The highest BCUT2D eigenvalue weighted by atomic mass is 32.1. The molecule has 0 bridgehead atoms. The summed E-state index contributed by atoms with van der Waals surface area (Å²) in [7, 11) is 0. The zero-order valence-electron chi connectivity index (χ0n) is 19.8. The van der Waals surface area contributed by atoms with Crippen molar-refractivity contribution < 1.29 is 9.18 Å². The van der Waals surface area contributed by atoms with Crippen molar-refractivity contribution in [2.24, 2.45) is 5.92 Å². The third-order valence-corrected chi connectivity index (χ3v) is 7.68. The SMILES string of the molecule is Cc1ccc(-n2cc3ncnc(N4CCC[C@H](C(=O)NCc5ccc6sccc6c5)C4)c3n2)cc1F. The van der Waals surface area contributed by atoms with Crippen molar-refractivity contribution in [1.82, 2.24) is 25.1 Å². The number of halogens is 1. The molecule has 5 aromatic rings. The van der Waals surface area contributed by atoms with Crippen LogP contribution in [-0.2, 0) is 11.3 Å². The van der Waals surface area contributed by atoms with Crippen LogP contribution in [0.1, 0.15) is 24.0 Å². The van der Waals surface area contributed by atoms with E-state index in [1.807, 2.05) is 6.07 Å². The van der Waals surface area contributed by atoms with Gasteiger partial charge in [0.05, 0.1) is 17.8 Å².